The lowest BCUT2D eigenvalue weighted by molar-refractivity contribution is 0.352. The maximum Gasteiger partial charge on any atom is 0.247 e. The number of hydrogen-bond donors (Lipinski definition) is 0. The molecule has 2 aromatic heterocycles. The molecule has 1 aliphatic carbocycles. The number of hydrogen-bond acceptors (Lipinski definition) is 6. The van der Waals surface area contributed by atoms with Crippen molar-refractivity contribution in [3.8, 4) is 11.5 Å². The Bertz CT molecular complexity index is 1330. The summed E-state index contributed by atoms with van der Waals surface area (Å²) in [5, 5.41) is 8.83. The Hall–Kier alpha value is -3.49. The van der Waals surface area contributed by atoms with Crippen LogP contribution in [0.15, 0.2) is 47.1 Å². The molecule has 32 heavy (non-hydrogen) atoms. The molecule has 0 N–H and O–H groups in total. The molecule has 2 aliphatic rings. The van der Waals surface area contributed by atoms with E-state index in [1.54, 1.807) is 12.1 Å². The summed E-state index contributed by atoms with van der Waals surface area (Å²) in [6.07, 6.45) is 4.12. The fourth-order valence-electron chi connectivity index (χ4n) is 4.82. The van der Waals surface area contributed by atoms with Crippen molar-refractivity contribution in [2.24, 2.45) is 5.41 Å². The van der Waals surface area contributed by atoms with E-state index in [9.17, 15) is 13.2 Å². The van der Waals surface area contributed by atoms with Crippen LogP contribution in [0.2, 0.25) is 0 Å². The van der Waals surface area contributed by atoms with E-state index < -0.39 is 11.6 Å². The number of aromatic nitrogens is 4. The second kappa shape index (κ2) is 7.01. The minimum atomic E-state index is -0.919. The molecule has 0 amide bonds. The molecule has 0 bridgehead atoms. The van der Waals surface area contributed by atoms with E-state index in [2.05, 4.69) is 25.1 Å². The van der Waals surface area contributed by atoms with Gasteiger partial charge in [-0.05, 0) is 48.9 Å². The maximum absolute atomic E-state index is 13.8. The number of fused-ring (bicyclic) bond motifs is 1. The van der Waals surface area contributed by atoms with Crippen molar-refractivity contribution in [2.75, 3.05) is 18.0 Å². The maximum atomic E-state index is 13.8. The minimum absolute atomic E-state index is 0.0857. The topological polar surface area (TPSA) is 67.9 Å². The van der Waals surface area contributed by atoms with Crippen molar-refractivity contribution in [1.82, 2.24) is 20.2 Å². The van der Waals surface area contributed by atoms with Gasteiger partial charge in [-0.2, -0.15) is 0 Å². The van der Waals surface area contributed by atoms with Gasteiger partial charge in [0.25, 0.3) is 0 Å². The smallest absolute Gasteiger partial charge is 0.247 e. The van der Waals surface area contributed by atoms with E-state index >= 15 is 0 Å². The van der Waals surface area contributed by atoms with E-state index in [0.29, 0.717) is 34.1 Å². The molecule has 1 saturated carbocycles. The van der Waals surface area contributed by atoms with Crippen LogP contribution in [0, 0.1) is 22.9 Å². The van der Waals surface area contributed by atoms with Crippen molar-refractivity contribution in [3.63, 3.8) is 0 Å². The Morgan fingerprint density at radius 2 is 1.78 bits per heavy atom. The van der Waals surface area contributed by atoms with Crippen LogP contribution >= 0.6 is 0 Å². The van der Waals surface area contributed by atoms with Crippen LogP contribution in [-0.2, 0) is 0 Å². The minimum Gasteiger partial charge on any atom is -0.420 e. The average Bonchev–Trinajstić information content (AvgIpc) is 3.26. The molecule has 1 unspecified atom stereocenters. The number of piperidine rings is 1. The molecule has 2 aromatic carbocycles. The summed E-state index contributed by atoms with van der Waals surface area (Å²) in [7, 11) is 0. The van der Waals surface area contributed by atoms with Gasteiger partial charge in [-0.3, -0.25) is 0 Å². The number of benzene rings is 2. The van der Waals surface area contributed by atoms with E-state index in [-0.39, 0.29) is 17.2 Å². The summed E-state index contributed by atoms with van der Waals surface area (Å²) < 4.78 is 46.8. The summed E-state index contributed by atoms with van der Waals surface area (Å²) in [4.78, 5) is 10.5. The van der Waals surface area contributed by atoms with Crippen LogP contribution in [0.1, 0.15) is 31.1 Å². The standard InChI is InChI=1S/C23H18F3N5O/c24-14-3-1-2-13(8-14)21-29-30-22(32-21)16-11-23(16)4-6-31(7-5-23)20-15-9-17(25)18(26)10-19(15)27-12-28-20/h1-3,8-10,12,16H,4-7,11H2. The first-order chi connectivity index (χ1) is 15.5. The second-order valence-corrected chi connectivity index (χ2v) is 8.54. The molecule has 1 atom stereocenters. The number of nitrogens with zero attached hydrogens (tertiary/aromatic N) is 5. The molecule has 2 fully saturated rings. The van der Waals surface area contributed by atoms with Gasteiger partial charge in [-0.25, -0.2) is 23.1 Å². The molecule has 1 spiro atoms. The Labute approximate surface area is 181 Å². The highest BCUT2D eigenvalue weighted by Gasteiger charge is 2.58. The first-order valence-electron chi connectivity index (χ1n) is 10.5. The number of rotatable bonds is 3. The van der Waals surface area contributed by atoms with E-state index in [4.69, 9.17) is 4.42 Å². The average molecular weight is 437 g/mol. The lowest BCUT2D eigenvalue weighted by atomic mass is 9.90. The van der Waals surface area contributed by atoms with Gasteiger partial charge in [0.2, 0.25) is 11.8 Å². The van der Waals surface area contributed by atoms with Crippen LogP contribution < -0.4 is 4.90 Å². The monoisotopic (exact) mass is 437 g/mol. The Morgan fingerprint density at radius 3 is 2.59 bits per heavy atom. The van der Waals surface area contributed by atoms with E-state index in [1.807, 2.05) is 0 Å². The first kappa shape index (κ1) is 19.2. The molecule has 1 aliphatic heterocycles. The van der Waals surface area contributed by atoms with E-state index in [0.717, 1.165) is 44.5 Å². The van der Waals surface area contributed by atoms with Gasteiger partial charge >= 0.3 is 0 Å². The largest absolute Gasteiger partial charge is 0.420 e. The van der Waals surface area contributed by atoms with Gasteiger partial charge in [-0.1, -0.05) is 6.07 Å². The van der Waals surface area contributed by atoms with Gasteiger partial charge < -0.3 is 9.32 Å². The zero-order valence-electron chi connectivity index (χ0n) is 16.9. The Balaban J connectivity index is 1.19. The Morgan fingerprint density at radius 1 is 0.969 bits per heavy atom. The fourth-order valence-corrected chi connectivity index (χ4v) is 4.82. The second-order valence-electron chi connectivity index (χ2n) is 8.54. The van der Waals surface area contributed by atoms with Crippen molar-refractivity contribution < 1.29 is 17.6 Å². The van der Waals surface area contributed by atoms with Gasteiger partial charge in [0.05, 0.1) is 5.52 Å². The SMILES string of the molecule is Fc1cccc(-c2nnc(C3CC34CCN(c3ncnc5cc(F)c(F)cc35)CC4)o2)c1. The zero-order valence-corrected chi connectivity index (χ0v) is 16.9. The number of halogens is 3. The third kappa shape index (κ3) is 3.11. The van der Waals surface area contributed by atoms with Crippen molar-refractivity contribution in [1.29, 1.82) is 0 Å². The van der Waals surface area contributed by atoms with E-state index in [1.165, 1.54) is 18.5 Å². The third-order valence-electron chi connectivity index (χ3n) is 6.72. The van der Waals surface area contributed by atoms with Crippen LogP contribution in [0.25, 0.3) is 22.4 Å². The highest BCUT2D eigenvalue weighted by Crippen LogP contribution is 2.64. The molecule has 3 heterocycles. The van der Waals surface area contributed by atoms with Crippen LogP contribution in [0.5, 0.6) is 0 Å². The molecule has 9 heteroatoms. The van der Waals surface area contributed by atoms with Gasteiger partial charge in [-0.15, -0.1) is 10.2 Å². The quantitative estimate of drug-likeness (QED) is 0.456. The van der Waals surface area contributed by atoms with Crippen molar-refractivity contribution in [2.45, 2.75) is 25.2 Å². The number of anilines is 1. The molecule has 0 radical (unpaired) electrons. The molecule has 162 valence electrons. The summed E-state index contributed by atoms with van der Waals surface area (Å²) in [5.41, 5.74) is 1.03. The fraction of sp³-hybridized carbons (Fsp3) is 0.304. The normalized spacial score (nSPS) is 19.6. The van der Waals surface area contributed by atoms with Gasteiger partial charge in [0, 0.05) is 36.0 Å². The molecule has 6 nitrogen and oxygen atoms in total. The summed E-state index contributed by atoms with van der Waals surface area (Å²) in [5.74, 6) is -0.478. The van der Waals surface area contributed by atoms with Gasteiger partial charge in [0.1, 0.15) is 18.0 Å². The summed E-state index contributed by atoms with van der Waals surface area (Å²) in [6, 6.07) is 8.36. The molecule has 6 rings (SSSR count). The van der Waals surface area contributed by atoms with Gasteiger partial charge in [0.15, 0.2) is 11.6 Å². The molecule has 4 aromatic rings. The Kier molecular flexibility index (Phi) is 4.21. The van der Waals surface area contributed by atoms with Crippen molar-refractivity contribution >= 4 is 16.7 Å². The predicted octanol–water partition coefficient (Wildman–Crippen LogP) is 4.87. The van der Waals surface area contributed by atoms with Crippen LogP contribution in [-0.4, -0.2) is 33.3 Å². The highest BCUT2D eigenvalue weighted by atomic mass is 19.2. The van der Waals surface area contributed by atoms with Crippen LogP contribution in [0.3, 0.4) is 0 Å². The first-order valence-corrected chi connectivity index (χ1v) is 10.5. The lowest BCUT2D eigenvalue weighted by Gasteiger charge is -2.34. The summed E-state index contributed by atoms with van der Waals surface area (Å²) in [6.45, 7) is 1.46. The zero-order chi connectivity index (χ0) is 21.9. The third-order valence-corrected chi connectivity index (χ3v) is 6.72. The van der Waals surface area contributed by atoms with Crippen molar-refractivity contribution in [3.05, 3.63) is 66.1 Å². The molecule has 1 saturated heterocycles. The lowest BCUT2D eigenvalue weighted by Crippen LogP contribution is -2.35. The molecular weight excluding hydrogens is 419 g/mol. The molecular formula is C23H18F3N5O. The van der Waals surface area contributed by atoms with Crippen LogP contribution in [0.4, 0.5) is 19.0 Å². The summed E-state index contributed by atoms with van der Waals surface area (Å²) >= 11 is 0. The predicted molar refractivity (Wildman–Crippen MR) is 110 cm³/mol. The highest BCUT2D eigenvalue weighted by molar-refractivity contribution is 5.89.